The van der Waals surface area contributed by atoms with Crippen molar-refractivity contribution in [3.05, 3.63) is 63.7 Å². The van der Waals surface area contributed by atoms with E-state index in [1.165, 1.54) is 13.0 Å². The molecule has 2 aromatic rings. The molecule has 0 heterocycles. The van der Waals surface area contributed by atoms with Crippen LogP contribution in [0.4, 0.5) is 0 Å². The Morgan fingerprint density at radius 1 is 1.14 bits per heavy atom. The quantitative estimate of drug-likeness (QED) is 0.599. The van der Waals surface area contributed by atoms with E-state index in [4.69, 9.17) is 16.3 Å². The largest absolute Gasteiger partial charge is 0.507 e. The number of halogens is 1. The van der Waals surface area contributed by atoms with Crippen LogP contribution in [0.15, 0.2) is 36.4 Å². The van der Waals surface area contributed by atoms with Crippen LogP contribution in [0.25, 0.3) is 0 Å². The summed E-state index contributed by atoms with van der Waals surface area (Å²) in [4.78, 5) is 36.1. The third-order valence-electron chi connectivity index (χ3n) is 4.21. The first-order chi connectivity index (χ1) is 13.7. The number of amides is 2. The maximum absolute atomic E-state index is 12.2. The summed E-state index contributed by atoms with van der Waals surface area (Å²) < 4.78 is 4.95. The van der Waals surface area contributed by atoms with Gasteiger partial charge in [-0.1, -0.05) is 35.9 Å². The summed E-state index contributed by atoms with van der Waals surface area (Å²) in [6.45, 7) is 4.76. The number of carbonyl (C=O) groups is 3. The Balaban J connectivity index is 1.80. The molecule has 0 aliphatic heterocycles. The van der Waals surface area contributed by atoms with E-state index in [2.05, 4.69) is 10.6 Å². The number of aromatic hydroxyl groups is 1. The van der Waals surface area contributed by atoms with E-state index in [9.17, 15) is 19.5 Å². The zero-order valence-corrected chi connectivity index (χ0v) is 17.2. The first kappa shape index (κ1) is 22.2. The van der Waals surface area contributed by atoms with Gasteiger partial charge in [-0.25, -0.2) is 4.79 Å². The zero-order valence-electron chi connectivity index (χ0n) is 16.4. The van der Waals surface area contributed by atoms with E-state index >= 15 is 0 Å². The molecule has 0 radical (unpaired) electrons. The number of carbonyl (C=O) groups excluding carboxylic acids is 3. The molecule has 0 aliphatic carbocycles. The molecular formula is C21H23ClN2O5. The van der Waals surface area contributed by atoms with Crippen molar-refractivity contribution in [3.63, 3.8) is 0 Å². The van der Waals surface area contributed by atoms with Gasteiger partial charge >= 0.3 is 5.97 Å². The van der Waals surface area contributed by atoms with Gasteiger partial charge in [-0.2, -0.15) is 0 Å². The van der Waals surface area contributed by atoms with Crippen molar-refractivity contribution in [1.29, 1.82) is 0 Å². The number of phenols is 1. The Labute approximate surface area is 174 Å². The second kappa shape index (κ2) is 9.93. The van der Waals surface area contributed by atoms with Gasteiger partial charge in [0.2, 0.25) is 0 Å². The fourth-order valence-electron chi connectivity index (χ4n) is 2.64. The third-order valence-corrected chi connectivity index (χ3v) is 4.54. The van der Waals surface area contributed by atoms with Gasteiger partial charge in [-0.05, 0) is 49.6 Å². The standard InChI is InChI=1S/C21H23ClN2O5/c1-12-8-15(9-13(2)19(12)26)10-23-18(25)11-29-21(28)14(3)24-20(27)16-6-4-5-7-17(16)22/h4-9,14,26H,10-11H2,1-3H3,(H,23,25)(H,24,27)/t14-/m0/s1. The summed E-state index contributed by atoms with van der Waals surface area (Å²) in [5.41, 5.74) is 2.48. The molecule has 0 unspecified atom stereocenters. The summed E-state index contributed by atoms with van der Waals surface area (Å²) in [6.07, 6.45) is 0. The Kier molecular flexibility index (Phi) is 7.61. The third kappa shape index (κ3) is 6.22. The van der Waals surface area contributed by atoms with Gasteiger partial charge in [-0.15, -0.1) is 0 Å². The van der Waals surface area contributed by atoms with Crippen molar-refractivity contribution in [3.8, 4) is 5.75 Å². The number of nitrogens with one attached hydrogen (secondary N) is 2. The lowest BCUT2D eigenvalue weighted by atomic mass is 10.1. The highest BCUT2D eigenvalue weighted by molar-refractivity contribution is 6.33. The molecule has 0 aromatic heterocycles. The minimum absolute atomic E-state index is 0.224. The van der Waals surface area contributed by atoms with Crippen LogP contribution < -0.4 is 10.6 Å². The van der Waals surface area contributed by atoms with E-state index in [-0.39, 0.29) is 22.9 Å². The minimum atomic E-state index is -0.950. The van der Waals surface area contributed by atoms with Gasteiger partial charge in [0.15, 0.2) is 6.61 Å². The molecular weight excluding hydrogens is 396 g/mol. The van der Waals surface area contributed by atoms with Gasteiger partial charge < -0.3 is 20.5 Å². The van der Waals surface area contributed by atoms with Gasteiger partial charge in [0.05, 0.1) is 10.6 Å². The minimum Gasteiger partial charge on any atom is -0.507 e. The monoisotopic (exact) mass is 418 g/mol. The van der Waals surface area contributed by atoms with Gasteiger partial charge in [0.1, 0.15) is 11.8 Å². The number of esters is 1. The van der Waals surface area contributed by atoms with Crippen molar-refractivity contribution in [2.24, 2.45) is 0 Å². The maximum atomic E-state index is 12.2. The van der Waals surface area contributed by atoms with Crippen LogP contribution in [0.1, 0.15) is 34.0 Å². The average molecular weight is 419 g/mol. The number of ether oxygens (including phenoxy) is 1. The van der Waals surface area contributed by atoms with Crippen LogP contribution >= 0.6 is 11.6 Å². The van der Waals surface area contributed by atoms with Crippen molar-refractivity contribution in [1.82, 2.24) is 10.6 Å². The summed E-state index contributed by atoms with van der Waals surface area (Å²) in [6, 6.07) is 9.04. The van der Waals surface area contributed by atoms with Crippen LogP contribution in [0.5, 0.6) is 5.75 Å². The van der Waals surface area contributed by atoms with Crippen LogP contribution in [0.2, 0.25) is 5.02 Å². The molecule has 2 aromatic carbocycles. The van der Waals surface area contributed by atoms with E-state index in [1.807, 2.05) is 0 Å². The number of hydrogen-bond donors (Lipinski definition) is 3. The maximum Gasteiger partial charge on any atom is 0.328 e. The SMILES string of the molecule is Cc1cc(CNC(=O)COC(=O)[C@H](C)NC(=O)c2ccccc2Cl)cc(C)c1O. The molecule has 8 heteroatoms. The molecule has 0 bridgehead atoms. The predicted molar refractivity (Wildman–Crippen MR) is 109 cm³/mol. The lowest BCUT2D eigenvalue weighted by Gasteiger charge is -2.14. The smallest absolute Gasteiger partial charge is 0.328 e. The van der Waals surface area contributed by atoms with Gasteiger partial charge in [-0.3, -0.25) is 9.59 Å². The highest BCUT2D eigenvalue weighted by Crippen LogP contribution is 2.22. The van der Waals surface area contributed by atoms with Crippen molar-refractivity contribution in [2.75, 3.05) is 6.61 Å². The Morgan fingerprint density at radius 3 is 2.38 bits per heavy atom. The fourth-order valence-corrected chi connectivity index (χ4v) is 2.86. The topological polar surface area (TPSA) is 105 Å². The van der Waals surface area contributed by atoms with E-state index in [1.54, 1.807) is 44.2 Å². The van der Waals surface area contributed by atoms with Crippen LogP contribution in [0.3, 0.4) is 0 Å². The summed E-state index contributed by atoms with van der Waals surface area (Å²) in [7, 11) is 0. The normalized spacial score (nSPS) is 11.4. The Morgan fingerprint density at radius 2 is 1.76 bits per heavy atom. The number of benzene rings is 2. The highest BCUT2D eigenvalue weighted by Gasteiger charge is 2.20. The molecule has 2 rings (SSSR count). The molecule has 0 fully saturated rings. The molecule has 0 spiro atoms. The molecule has 29 heavy (non-hydrogen) atoms. The predicted octanol–water partition coefficient (Wildman–Crippen LogP) is 2.64. The van der Waals surface area contributed by atoms with E-state index < -0.39 is 30.4 Å². The highest BCUT2D eigenvalue weighted by atomic mass is 35.5. The van der Waals surface area contributed by atoms with Crippen LogP contribution in [-0.4, -0.2) is 35.5 Å². The Bertz CT molecular complexity index is 906. The van der Waals surface area contributed by atoms with Crippen LogP contribution in [0, 0.1) is 13.8 Å². The van der Waals surface area contributed by atoms with Gasteiger partial charge in [0.25, 0.3) is 11.8 Å². The molecule has 0 saturated heterocycles. The molecule has 3 N–H and O–H groups in total. The number of rotatable bonds is 7. The first-order valence-electron chi connectivity index (χ1n) is 8.97. The second-order valence-corrected chi connectivity index (χ2v) is 7.04. The molecule has 1 atom stereocenters. The second-order valence-electron chi connectivity index (χ2n) is 6.64. The molecule has 0 aliphatic rings. The van der Waals surface area contributed by atoms with Crippen molar-refractivity contribution in [2.45, 2.75) is 33.4 Å². The van der Waals surface area contributed by atoms with Gasteiger partial charge in [0, 0.05) is 6.54 Å². The summed E-state index contributed by atoms with van der Waals surface area (Å²) in [5.74, 6) is -1.51. The number of hydrogen-bond acceptors (Lipinski definition) is 5. The average Bonchev–Trinajstić information content (AvgIpc) is 2.68. The zero-order chi connectivity index (χ0) is 21.6. The van der Waals surface area contributed by atoms with E-state index in [0.717, 1.165) is 5.56 Å². The lowest BCUT2D eigenvalue weighted by Crippen LogP contribution is -2.41. The van der Waals surface area contributed by atoms with E-state index in [0.29, 0.717) is 11.1 Å². The van der Waals surface area contributed by atoms with Crippen molar-refractivity contribution < 1.29 is 24.2 Å². The molecule has 2 amide bonds. The number of aryl methyl sites for hydroxylation is 2. The Hall–Kier alpha value is -3.06. The molecule has 0 saturated carbocycles. The van der Waals surface area contributed by atoms with Crippen LogP contribution in [-0.2, 0) is 20.9 Å². The molecule has 7 nitrogen and oxygen atoms in total. The summed E-state index contributed by atoms with van der Waals surface area (Å²) >= 11 is 5.95. The van der Waals surface area contributed by atoms with Crippen molar-refractivity contribution >= 4 is 29.4 Å². The number of phenolic OH excluding ortho intramolecular Hbond substituents is 1. The fraction of sp³-hybridized carbons (Fsp3) is 0.286. The lowest BCUT2D eigenvalue weighted by molar-refractivity contribution is -0.150. The first-order valence-corrected chi connectivity index (χ1v) is 9.34. The summed E-state index contributed by atoms with van der Waals surface area (Å²) in [5, 5.41) is 15.2. The molecule has 154 valence electrons.